The molecule has 150 valence electrons. The predicted octanol–water partition coefficient (Wildman–Crippen LogP) is 1.80. The Morgan fingerprint density at radius 3 is 2.62 bits per heavy atom. The second-order valence-electron chi connectivity index (χ2n) is 7.11. The van der Waals surface area contributed by atoms with E-state index in [-0.39, 0.29) is 18.3 Å². The fraction of sp³-hybridized carbons (Fsp3) is 0.286. The maximum absolute atomic E-state index is 13.1. The van der Waals surface area contributed by atoms with E-state index in [1.54, 1.807) is 25.3 Å². The number of likely N-dealkylation sites (N-methyl/N-ethyl adjacent to an activating group) is 1. The number of nitro groups is 1. The van der Waals surface area contributed by atoms with Crippen LogP contribution in [0.5, 0.6) is 17.2 Å². The highest BCUT2D eigenvalue weighted by Gasteiger charge is 2.35. The number of allylic oxidation sites excluding steroid dienone is 1. The average molecular weight is 397 g/mol. The summed E-state index contributed by atoms with van der Waals surface area (Å²) in [6, 6.07) is 6.03. The van der Waals surface area contributed by atoms with Gasteiger partial charge in [-0.05, 0) is 29.3 Å². The number of nitrogens with one attached hydrogen (secondary N) is 1. The van der Waals surface area contributed by atoms with Crippen LogP contribution in [-0.2, 0) is 13.0 Å². The molecular weight excluding hydrogens is 376 g/mol. The molecule has 0 aromatic heterocycles. The molecule has 0 radical (unpaired) electrons. The summed E-state index contributed by atoms with van der Waals surface area (Å²) < 4.78 is 16.9. The van der Waals surface area contributed by atoms with Crippen LogP contribution < -0.4 is 19.1 Å². The molecule has 0 bridgehead atoms. The van der Waals surface area contributed by atoms with Gasteiger partial charge in [-0.25, -0.2) is 0 Å². The molecule has 0 saturated carbocycles. The van der Waals surface area contributed by atoms with Crippen molar-refractivity contribution in [3.05, 3.63) is 62.7 Å². The van der Waals surface area contributed by atoms with Crippen LogP contribution in [0.3, 0.4) is 0 Å². The lowest BCUT2D eigenvalue weighted by Gasteiger charge is -2.26. The summed E-state index contributed by atoms with van der Waals surface area (Å²) in [5.41, 5.74) is 3.14. The third kappa shape index (κ3) is 3.42. The van der Waals surface area contributed by atoms with Crippen LogP contribution in [0.15, 0.2) is 30.3 Å². The molecule has 2 aromatic rings. The Bertz CT molecular complexity index is 1010. The second kappa shape index (κ2) is 7.56. The lowest BCUT2D eigenvalue weighted by molar-refractivity contribution is -0.895. The first kappa shape index (κ1) is 18.9. The van der Waals surface area contributed by atoms with Gasteiger partial charge < -0.3 is 19.1 Å². The van der Waals surface area contributed by atoms with Crippen molar-refractivity contribution in [3.8, 4) is 17.2 Å². The number of non-ortho nitro benzene ring substituents is 1. The molecule has 2 heterocycles. The SMILES string of the molecule is COc1c2c(c(C(=O)/C=C/c3ccc([N+](=O)[O-])cc3)c3c1OCO3)CC[NH+](C)C2. The van der Waals surface area contributed by atoms with Gasteiger partial charge in [0.05, 0.1) is 36.8 Å². The van der Waals surface area contributed by atoms with Gasteiger partial charge in [0.2, 0.25) is 12.5 Å². The van der Waals surface area contributed by atoms with Gasteiger partial charge in [0.25, 0.3) is 5.69 Å². The number of benzene rings is 2. The highest BCUT2D eigenvalue weighted by atomic mass is 16.7. The molecule has 0 aliphatic carbocycles. The van der Waals surface area contributed by atoms with E-state index >= 15 is 0 Å². The smallest absolute Gasteiger partial charge is 0.269 e. The molecule has 29 heavy (non-hydrogen) atoms. The third-order valence-electron chi connectivity index (χ3n) is 5.25. The first-order valence-electron chi connectivity index (χ1n) is 9.29. The van der Waals surface area contributed by atoms with Gasteiger partial charge in [-0.3, -0.25) is 14.9 Å². The molecule has 0 amide bonds. The van der Waals surface area contributed by atoms with Crippen LogP contribution in [-0.4, -0.2) is 38.2 Å². The van der Waals surface area contributed by atoms with Crippen LogP contribution in [0.4, 0.5) is 5.69 Å². The summed E-state index contributed by atoms with van der Waals surface area (Å²) in [6.07, 6.45) is 3.85. The number of nitrogens with zero attached hydrogens (tertiary/aromatic N) is 1. The van der Waals surface area contributed by atoms with Crippen molar-refractivity contribution in [2.45, 2.75) is 13.0 Å². The zero-order valence-electron chi connectivity index (χ0n) is 16.2. The molecule has 0 spiro atoms. The number of ketones is 1. The van der Waals surface area contributed by atoms with Crippen LogP contribution in [0.1, 0.15) is 27.0 Å². The Morgan fingerprint density at radius 2 is 1.93 bits per heavy atom. The maximum atomic E-state index is 13.1. The summed E-state index contributed by atoms with van der Waals surface area (Å²) >= 11 is 0. The number of fused-ring (bicyclic) bond motifs is 2. The fourth-order valence-corrected chi connectivity index (χ4v) is 3.83. The number of carbonyl (C=O) groups is 1. The molecule has 0 fully saturated rings. The molecule has 8 heteroatoms. The van der Waals surface area contributed by atoms with E-state index in [1.165, 1.54) is 23.1 Å². The molecule has 2 aromatic carbocycles. The van der Waals surface area contributed by atoms with Crippen LogP contribution in [0.2, 0.25) is 0 Å². The van der Waals surface area contributed by atoms with Gasteiger partial charge in [0, 0.05) is 18.6 Å². The highest BCUT2D eigenvalue weighted by molar-refractivity contribution is 6.11. The summed E-state index contributed by atoms with van der Waals surface area (Å²) in [7, 11) is 3.69. The summed E-state index contributed by atoms with van der Waals surface area (Å²) in [6.45, 7) is 1.69. The number of rotatable bonds is 5. The van der Waals surface area contributed by atoms with Crippen LogP contribution >= 0.6 is 0 Å². The van der Waals surface area contributed by atoms with Crippen molar-refractivity contribution in [3.63, 3.8) is 0 Å². The number of hydrogen-bond acceptors (Lipinski definition) is 6. The number of quaternary nitrogens is 1. The minimum absolute atomic E-state index is 0.00712. The summed E-state index contributed by atoms with van der Waals surface area (Å²) in [5.74, 6) is 1.36. The lowest BCUT2D eigenvalue weighted by Crippen LogP contribution is -3.08. The van der Waals surface area contributed by atoms with Crippen molar-refractivity contribution in [2.24, 2.45) is 0 Å². The maximum Gasteiger partial charge on any atom is 0.269 e. The molecule has 4 rings (SSSR count). The number of ether oxygens (including phenoxy) is 3. The molecule has 1 unspecified atom stereocenters. The van der Waals surface area contributed by atoms with Gasteiger partial charge in [-0.1, -0.05) is 6.08 Å². The monoisotopic (exact) mass is 397 g/mol. The van der Waals surface area contributed by atoms with E-state index in [0.717, 1.165) is 30.6 Å². The van der Waals surface area contributed by atoms with E-state index in [0.29, 0.717) is 28.4 Å². The number of hydrogen-bond donors (Lipinski definition) is 1. The van der Waals surface area contributed by atoms with E-state index in [9.17, 15) is 14.9 Å². The fourth-order valence-electron chi connectivity index (χ4n) is 3.83. The lowest BCUT2D eigenvalue weighted by atomic mass is 9.90. The average Bonchev–Trinajstić information content (AvgIpc) is 3.19. The predicted molar refractivity (Wildman–Crippen MR) is 105 cm³/mol. The number of nitro benzene ring substituents is 1. The Labute approximate surface area is 167 Å². The Balaban J connectivity index is 1.72. The molecule has 8 nitrogen and oxygen atoms in total. The van der Waals surface area contributed by atoms with Gasteiger partial charge in [-0.2, -0.15) is 0 Å². The quantitative estimate of drug-likeness (QED) is 0.358. The van der Waals surface area contributed by atoms with Gasteiger partial charge >= 0.3 is 0 Å². The van der Waals surface area contributed by atoms with E-state index < -0.39 is 4.92 Å². The van der Waals surface area contributed by atoms with Crippen molar-refractivity contribution >= 4 is 17.5 Å². The van der Waals surface area contributed by atoms with E-state index in [2.05, 4.69) is 7.05 Å². The van der Waals surface area contributed by atoms with Crippen molar-refractivity contribution in [1.29, 1.82) is 0 Å². The van der Waals surface area contributed by atoms with Gasteiger partial charge in [0.15, 0.2) is 17.3 Å². The largest absolute Gasteiger partial charge is 0.492 e. The highest BCUT2D eigenvalue weighted by Crippen LogP contribution is 2.48. The molecule has 0 saturated heterocycles. The third-order valence-corrected chi connectivity index (χ3v) is 5.25. The molecule has 2 aliphatic heterocycles. The van der Waals surface area contributed by atoms with Crippen LogP contribution in [0, 0.1) is 10.1 Å². The van der Waals surface area contributed by atoms with E-state index in [1.807, 2.05) is 0 Å². The zero-order chi connectivity index (χ0) is 20.5. The van der Waals surface area contributed by atoms with Crippen molar-refractivity contribution in [1.82, 2.24) is 0 Å². The topological polar surface area (TPSA) is 92.3 Å². The van der Waals surface area contributed by atoms with Crippen molar-refractivity contribution < 1.29 is 28.8 Å². The zero-order valence-corrected chi connectivity index (χ0v) is 16.2. The normalized spacial score (nSPS) is 17.2. The Hall–Kier alpha value is -3.39. The summed E-state index contributed by atoms with van der Waals surface area (Å²) in [5, 5.41) is 10.8. The molecular formula is C21H21N2O6+. The first-order chi connectivity index (χ1) is 14.0. The number of carbonyl (C=O) groups excluding carboxylic acids is 1. The molecule has 1 atom stereocenters. The van der Waals surface area contributed by atoms with Crippen molar-refractivity contribution in [2.75, 3.05) is 27.5 Å². The van der Waals surface area contributed by atoms with Gasteiger partial charge in [-0.15, -0.1) is 0 Å². The standard InChI is InChI=1S/C21H20N2O6/c1-22-10-9-15-16(11-22)19(27-2)21-20(28-12-29-21)18(15)17(24)8-5-13-3-6-14(7-4-13)23(25)26/h3-8H,9-12H2,1-2H3/p+1/b8-5+. The molecule has 2 aliphatic rings. The Kier molecular flexibility index (Phi) is 4.94. The summed E-state index contributed by atoms with van der Waals surface area (Å²) in [4.78, 5) is 24.8. The first-order valence-corrected chi connectivity index (χ1v) is 9.29. The molecule has 1 N–H and O–H groups in total. The van der Waals surface area contributed by atoms with Gasteiger partial charge in [0.1, 0.15) is 6.54 Å². The second-order valence-corrected chi connectivity index (χ2v) is 7.11. The van der Waals surface area contributed by atoms with Crippen LogP contribution in [0.25, 0.3) is 6.08 Å². The number of methoxy groups -OCH3 is 1. The minimum Gasteiger partial charge on any atom is -0.492 e. The van der Waals surface area contributed by atoms with E-state index in [4.69, 9.17) is 14.2 Å². The minimum atomic E-state index is -0.456. The Morgan fingerprint density at radius 1 is 1.21 bits per heavy atom.